The van der Waals surface area contributed by atoms with Gasteiger partial charge in [-0.3, -0.25) is 4.98 Å². The van der Waals surface area contributed by atoms with E-state index in [-0.39, 0.29) is 31.8 Å². The number of piperidine rings is 1. The van der Waals surface area contributed by atoms with Gasteiger partial charge in [0.05, 0.1) is 18.4 Å². The van der Waals surface area contributed by atoms with Gasteiger partial charge < -0.3 is 15.0 Å². The molecule has 1 atom stereocenters. The molecule has 1 aromatic carbocycles. The minimum absolute atomic E-state index is 0.0352. The highest BCUT2D eigenvalue weighted by Gasteiger charge is 2.46. The van der Waals surface area contributed by atoms with Gasteiger partial charge in [0.25, 0.3) is 5.92 Å². The topological polar surface area (TPSA) is 54.5 Å². The van der Waals surface area contributed by atoms with E-state index in [0.29, 0.717) is 0 Å². The number of hydrogen-bond acceptors (Lipinski definition) is 4. The molecule has 28 heavy (non-hydrogen) atoms. The third-order valence-corrected chi connectivity index (χ3v) is 4.80. The normalized spacial score (nSPS) is 18.6. The van der Waals surface area contributed by atoms with Crippen LogP contribution < -0.4 is 5.32 Å². The lowest BCUT2D eigenvalue weighted by molar-refractivity contribution is -0.101. The SMILES string of the molecule is Cc1ccc(COC(=O)N2CCC(CNc3ccncc3F)C(F)(F)C2)cc1. The Kier molecular flexibility index (Phi) is 6.06. The van der Waals surface area contributed by atoms with Gasteiger partial charge in [-0.05, 0) is 25.0 Å². The van der Waals surface area contributed by atoms with E-state index < -0.39 is 30.3 Å². The number of carbonyl (C=O) groups excluding carboxylic acids is 1. The Morgan fingerprint density at radius 1 is 1.32 bits per heavy atom. The predicted octanol–water partition coefficient (Wildman–Crippen LogP) is 4.24. The number of aryl methyl sites for hydroxylation is 1. The van der Waals surface area contributed by atoms with E-state index in [2.05, 4.69) is 10.3 Å². The third kappa shape index (κ3) is 4.94. The van der Waals surface area contributed by atoms with Crippen LogP contribution in [0.1, 0.15) is 17.5 Å². The van der Waals surface area contributed by atoms with Gasteiger partial charge in [0.15, 0.2) is 5.82 Å². The fourth-order valence-corrected chi connectivity index (χ4v) is 3.07. The number of nitrogens with one attached hydrogen (secondary N) is 1. The monoisotopic (exact) mass is 393 g/mol. The first-order valence-electron chi connectivity index (χ1n) is 9.03. The zero-order chi connectivity index (χ0) is 20.1. The van der Waals surface area contributed by atoms with Crippen molar-refractivity contribution in [2.45, 2.75) is 25.9 Å². The third-order valence-electron chi connectivity index (χ3n) is 4.80. The van der Waals surface area contributed by atoms with Crippen LogP contribution in [0.2, 0.25) is 0 Å². The first-order chi connectivity index (χ1) is 13.3. The van der Waals surface area contributed by atoms with Crippen LogP contribution in [0, 0.1) is 18.7 Å². The summed E-state index contributed by atoms with van der Waals surface area (Å²) in [4.78, 5) is 16.8. The van der Waals surface area contributed by atoms with Gasteiger partial charge in [-0.1, -0.05) is 29.8 Å². The molecular weight excluding hydrogens is 371 g/mol. The maximum Gasteiger partial charge on any atom is 0.410 e. The summed E-state index contributed by atoms with van der Waals surface area (Å²) in [6, 6.07) is 8.83. The summed E-state index contributed by atoms with van der Waals surface area (Å²) in [7, 11) is 0. The number of pyridine rings is 1. The highest BCUT2D eigenvalue weighted by molar-refractivity contribution is 5.68. The Morgan fingerprint density at radius 3 is 2.75 bits per heavy atom. The Hall–Kier alpha value is -2.77. The largest absolute Gasteiger partial charge is 0.445 e. The van der Waals surface area contributed by atoms with Crippen LogP contribution in [-0.4, -0.2) is 41.5 Å². The van der Waals surface area contributed by atoms with Crippen molar-refractivity contribution in [3.8, 4) is 0 Å². The number of amides is 1. The number of aromatic nitrogens is 1. The van der Waals surface area contributed by atoms with E-state index in [9.17, 15) is 18.0 Å². The average Bonchev–Trinajstić information content (AvgIpc) is 2.67. The molecule has 1 amide bonds. The summed E-state index contributed by atoms with van der Waals surface area (Å²) in [6.07, 6.45) is 1.74. The van der Waals surface area contributed by atoms with Crippen LogP contribution in [0.25, 0.3) is 0 Å². The zero-order valence-corrected chi connectivity index (χ0v) is 15.5. The first-order valence-corrected chi connectivity index (χ1v) is 9.03. The number of anilines is 1. The van der Waals surface area contributed by atoms with Gasteiger partial charge in [-0.25, -0.2) is 18.0 Å². The summed E-state index contributed by atoms with van der Waals surface area (Å²) in [5, 5.41) is 2.70. The summed E-state index contributed by atoms with van der Waals surface area (Å²) in [6.45, 7) is 1.33. The molecule has 5 nitrogen and oxygen atoms in total. The lowest BCUT2D eigenvalue weighted by Crippen LogP contribution is -2.52. The van der Waals surface area contributed by atoms with E-state index in [1.807, 2.05) is 31.2 Å². The van der Waals surface area contributed by atoms with Crippen molar-refractivity contribution in [3.05, 3.63) is 59.7 Å². The Bertz CT molecular complexity index is 815. The van der Waals surface area contributed by atoms with Gasteiger partial charge in [-0.2, -0.15) is 0 Å². The van der Waals surface area contributed by atoms with Crippen LogP contribution >= 0.6 is 0 Å². The number of rotatable bonds is 5. The molecule has 2 aromatic rings. The number of benzene rings is 1. The number of hydrogen-bond donors (Lipinski definition) is 1. The van der Waals surface area contributed by atoms with E-state index >= 15 is 0 Å². The van der Waals surface area contributed by atoms with Crippen LogP contribution in [0.4, 0.5) is 23.7 Å². The Morgan fingerprint density at radius 2 is 2.07 bits per heavy atom. The maximum absolute atomic E-state index is 14.5. The quantitative estimate of drug-likeness (QED) is 0.826. The second-order valence-electron chi connectivity index (χ2n) is 6.94. The van der Waals surface area contributed by atoms with Gasteiger partial charge in [-0.15, -0.1) is 0 Å². The number of carbonyl (C=O) groups is 1. The number of alkyl halides is 2. The lowest BCUT2D eigenvalue weighted by Gasteiger charge is -2.37. The van der Waals surface area contributed by atoms with Crippen molar-refractivity contribution in [3.63, 3.8) is 0 Å². The van der Waals surface area contributed by atoms with Gasteiger partial charge >= 0.3 is 6.09 Å². The van der Waals surface area contributed by atoms with Gasteiger partial charge in [0.1, 0.15) is 6.61 Å². The van der Waals surface area contributed by atoms with Crippen LogP contribution in [0.15, 0.2) is 42.7 Å². The maximum atomic E-state index is 14.5. The number of likely N-dealkylation sites (tertiary alicyclic amines) is 1. The summed E-state index contributed by atoms with van der Waals surface area (Å²) in [5.41, 5.74) is 2.01. The van der Waals surface area contributed by atoms with E-state index in [1.165, 1.54) is 12.3 Å². The van der Waals surface area contributed by atoms with E-state index in [4.69, 9.17) is 4.74 Å². The molecule has 1 aliphatic rings. The molecule has 1 N–H and O–H groups in total. The molecular formula is C20H22F3N3O2. The molecule has 1 saturated heterocycles. The molecule has 1 unspecified atom stereocenters. The molecule has 8 heteroatoms. The molecule has 0 spiro atoms. The molecule has 3 rings (SSSR count). The zero-order valence-electron chi connectivity index (χ0n) is 15.5. The fourth-order valence-electron chi connectivity index (χ4n) is 3.07. The molecule has 150 valence electrons. The summed E-state index contributed by atoms with van der Waals surface area (Å²) >= 11 is 0. The predicted molar refractivity (Wildman–Crippen MR) is 98.7 cm³/mol. The van der Waals surface area contributed by atoms with Crippen molar-refractivity contribution in [1.82, 2.24) is 9.88 Å². The van der Waals surface area contributed by atoms with Crippen LogP contribution in [0.5, 0.6) is 0 Å². The fraction of sp³-hybridized carbons (Fsp3) is 0.400. The highest BCUT2D eigenvalue weighted by atomic mass is 19.3. The van der Waals surface area contributed by atoms with Gasteiger partial charge in [0, 0.05) is 25.2 Å². The van der Waals surface area contributed by atoms with Gasteiger partial charge in [0.2, 0.25) is 0 Å². The van der Waals surface area contributed by atoms with E-state index in [0.717, 1.165) is 22.2 Å². The van der Waals surface area contributed by atoms with Crippen LogP contribution in [0.3, 0.4) is 0 Å². The van der Waals surface area contributed by atoms with Crippen molar-refractivity contribution in [1.29, 1.82) is 0 Å². The smallest absolute Gasteiger partial charge is 0.410 e. The molecule has 0 radical (unpaired) electrons. The summed E-state index contributed by atoms with van der Waals surface area (Å²) < 4.78 is 47.7. The molecule has 2 heterocycles. The second-order valence-corrected chi connectivity index (χ2v) is 6.94. The minimum Gasteiger partial charge on any atom is -0.445 e. The minimum atomic E-state index is -3.10. The molecule has 0 saturated carbocycles. The van der Waals surface area contributed by atoms with Crippen molar-refractivity contribution in [2.75, 3.05) is 25.0 Å². The van der Waals surface area contributed by atoms with E-state index in [1.54, 1.807) is 0 Å². The second kappa shape index (κ2) is 8.50. The van der Waals surface area contributed by atoms with Crippen molar-refractivity contribution < 1.29 is 22.7 Å². The molecule has 1 aromatic heterocycles. The number of ether oxygens (including phenoxy) is 1. The lowest BCUT2D eigenvalue weighted by atomic mass is 9.93. The van der Waals surface area contributed by atoms with Crippen molar-refractivity contribution in [2.24, 2.45) is 5.92 Å². The molecule has 1 aliphatic heterocycles. The Labute approximate surface area is 161 Å². The van der Waals surface area contributed by atoms with Crippen LogP contribution in [-0.2, 0) is 11.3 Å². The number of nitrogens with zero attached hydrogens (tertiary/aromatic N) is 2. The first kappa shape index (κ1) is 20.0. The molecule has 1 fully saturated rings. The summed E-state index contributed by atoms with van der Waals surface area (Å²) in [5.74, 6) is -4.71. The molecule has 0 bridgehead atoms. The molecule has 0 aliphatic carbocycles. The number of halogens is 3. The highest BCUT2D eigenvalue weighted by Crippen LogP contribution is 2.33. The average molecular weight is 393 g/mol. The standard InChI is InChI=1S/C20H22F3N3O2/c1-14-2-4-15(5-3-14)12-28-19(27)26-9-7-16(20(22,23)13-26)10-25-18-6-8-24-11-17(18)21/h2-6,8,11,16H,7,9-10,12-13H2,1H3,(H,24,25). The van der Waals surface area contributed by atoms with Crippen molar-refractivity contribution >= 4 is 11.8 Å². The Balaban J connectivity index is 1.51.